The number of nitrogens with zero attached hydrogens (tertiary/aromatic N) is 1. The fourth-order valence-corrected chi connectivity index (χ4v) is 2.61. The van der Waals surface area contributed by atoms with Crippen molar-refractivity contribution in [1.29, 1.82) is 0 Å². The zero-order valence-corrected chi connectivity index (χ0v) is 11.2. The monoisotopic (exact) mass is 265 g/mol. The van der Waals surface area contributed by atoms with Crippen LogP contribution in [0.2, 0.25) is 0 Å². The Balaban J connectivity index is 2.80. The van der Waals surface area contributed by atoms with E-state index in [1.165, 1.54) is 20.9 Å². The Morgan fingerprint density at radius 2 is 1.87 bits per heavy atom. The van der Waals surface area contributed by atoms with Crippen molar-refractivity contribution in [1.82, 2.24) is 4.57 Å². The summed E-state index contributed by atoms with van der Waals surface area (Å²) in [4.78, 5) is 0. The first kappa shape index (κ1) is 10.7. The van der Waals surface area contributed by atoms with Crippen LogP contribution in [0.4, 0.5) is 0 Å². The molecule has 0 N–H and O–H groups in total. The first-order valence-electron chi connectivity index (χ1n) is 5.17. The maximum atomic E-state index is 3.61. The topological polar surface area (TPSA) is 4.93 Å². The Morgan fingerprint density at radius 1 is 1.20 bits per heavy atom. The molecule has 80 valence electrons. The summed E-state index contributed by atoms with van der Waals surface area (Å²) in [6, 6.07) is 6.57. The number of hydrogen-bond donors (Lipinski definition) is 0. The van der Waals surface area contributed by atoms with Gasteiger partial charge in [0.05, 0.1) is 0 Å². The normalized spacial score (nSPS) is 12.3. The quantitative estimate of drug-likeness (QED) is 0.663. The number of aryl methyl sites for hydroxylation is 1. The lowest BCUT2D eigenvalue weighted by Crippen LogP contribution is -2.20. The number of benzene rings is 1. The molecule has 0 atom stereocenters. The molecule has 0 fully saturated rings. The molecule has 1 aromatic heterocycles. The van der Waals surface area contributed by atoms with Gasteiger partial charge in [0.15, 0.2) is 0 Å². The molecule has 15 heavy (non-hydrogen) atoms. The predicted molar refractivity (Wildman–Crippen MR) is 69.4 cm³/mol. The van der Waals surface area contributed by atoms with Crippen molar-refractivity contribution in [3.63, 3.8) is 0 Å². The Bertz CT molecular complexity index is 503. The fourth-order valence-electron chi connectivity index (χ4n) is 1.91. The van der Waals surface area contributed by atoms with E-state index in [1.54, 1.807) is 0 Å². The Labute approximate surface area is 99.2 Å². The van der Waals surface area contributed by atoms with Crippen molar-refractivity contribution >= 4 is 26.8 Å². The molecule has 0 spiro atoms. The SMILES string of the molecule is Cc1cc(Br)c2ccn(C(C)(C)C)c2c1. The second kappa shape index (κ2) is 3.38. The highest BCUT2D eigenvalue weighted by Crippen LogP contribution is 2.30. The van der Waals surface area contributed by atoms with Crippen molar-refractivity contribution in [3.8, 4) is 0 Å². The summed E-state index contributed by atoms with van der Waals surface area (Å²) >= 11 is 3.61. The molecule has 2 rings (SSSR count). The summed E-state index contributed by atoms with van der Waals surface area (Å²) in [6.45, 7) is 8.80. The van der Waals surface area contributed by atoms with E-state index in [0.717, 1.165) is 0 Å². The first-order valence-corrected chi connectivity index (χ1v) is 5.96. The van der Waals surface area contributed by atoms with E-state index in [-0.39, 0.29) is 5.54 Å². The van der Waals surface area contributed by atoms with E-state index in [0.29, 0.717) is 0 Å². The minimum absolute atomic E-state index is 0.134. The molecule has 2 heteroatoms. The van der Waals surface area contributed by atoms with Crippen molar-refractivity contribution in [2.75, 3.05) is 0 Å². The van der Waals surface area contributed by atoms with E-state index in [4.69, 9.17) is 0 Å². The smallest absolute Gasteiger partial charge is 0.0499 e. The molecule has 0 aliphatic carbocycles. The largest absolute Gasteiger partial charge is 0.342 e. The van der Waals surface area contributed by atoms with Gasteiger partial charge in [-0.25, -0.2) is 0 Å². The third-order valence-corrected chi connectivity index (χ3v) is 3.28. The lowest BCUT2D eigenvalue weighted by Gasteiger charge is -2.22. The molecule has 0 aliphatic heterocycles. The highest BCUT2D eigenvalue weighted by Gasteiger charge is 2.15. The number of rotatable bonds is 0. The van der Waals surface area contributed by atoms with Gasteiger partial charge >= 0.3 is 0 Å². The van der Waals surface area contributed by atoms with E-state index >= 15 is 0 Å². The van der Waals surface area contributed by atoms with Gasteiger partial charge in [-0.3, -0.25) is 0 Å². The summed E-state index contributed by atoms with van der Waals surface area (Å²) in [5.41, 5.74) is 2.72. The molecule has 0 radical (unpaired) electrons. The van der Waals surface area contributed by atoms with E-state index in [1.807, 2.05) is 0 Å². The molecular weight excluding hydrogens is 250 g/mol. The summed E-state index contributed by atoms with van der Waals surface area (Å²) in [6.07, 6.45) is 2.16. The van der Waals surface area contributed by atoms with Gasteiger partial charge in [-0.05, 0) is 51.5 Å². The Hall–Kier alpha value is -0.760. The number of hydrogen-bond acceptors (Lipinski definition) is 0. The zero-order chi connectivity index (χ0) is 11.2. The molecule has 0 aliphatic rings. The van der Waals surface area contributed by atoms with Gasteiger partial charge < -0.3 is 4.57 Å². The second-order valence-corrected chi connectivity index (χ2v) is 5.89. The van der Waals surface area contributed by atoms with Crippen LogP contribution in [0.5, 0.6) is 0 Å². The van der Waals surface area contributed by atoms with Crippen LogP contribution in [0.3, 0.4) is 0 Å². The van der Waals surface area contributed by atoms with E-state index < -0.39 is 0 Å². The molecule has 0 amide bonds. The fraction of sp³-hybridized carbons (Fsp3) is 0.385. The summed E-state index contributed by atoms with van der Waals surface area (Å²) in [5, 5.41) is 1.29. The number of aromatic nitrogens is 1. The van der Waals surface area contributed by atoms with Crippen molar-refractivity contribution in [3.05, 3.63) is 34.4 Å². The molecule has 1 aromatic carbocycles. The van der Waals surface area contributed by atoms with Crippen molar-refractivity contribution in [2.45, 2.75) is 33.2 Å². The molecule has 0 saturated carbocycles. The maximum absolute atomic E-state index is 3.61. The van der Waals surface area contributed by atoms with Crippen molar-refractivity contribution in [2.24, 2.45) is 0 Å². The molecular formula is C13H16BrN. The van der Waals surface area contributed by atoms with Crippen LogP contribution in [0, 0.1) is 6.92 Å². The minimum Gasteiger partial charge on any atom is -0.342 e. The Morgan fingerprint density at radius 3 is 2.47 bits per heavy atom. The van der Waals surface area contributed by atoms with Crippen LogP contribution in [0.15, 0.2) is 28.9 Å². The third kappa shape index (κ3) is 1.83. The lowest BCUT2D eigenvalue weighted by atomic mass is 10.1. The van der Waals surface area contributed by atoms with Crippen LogP contribution in [0.25, 0.3) is 10.9 Å². The van der Waals surface area contributed by atoms with E-state index in [2.05, 4.69) is 72.6 Å². The minimum atomic E-state index is 0.134. The number of halogens is 1. The lowest BCUT2D eigenvalue weighted by molar-refractivity contribution is 0.411. The third-order valence-electron chi connectivity index (χ3n) is 2.62. The number of fused-ring (bicyclic) bond motifs is 1. The molecule has 0 saturated heterocycles. The summed E-state index contributed by atoms with van der Waals surface area (Å²) in [5.74, 6) is 0. The van der Waals surface area contributed by atoms with Crippen LogP contribution in [-0.2, 0) is 5.54 Å². The predicted octanol–water partition coefficient (Wildman–Crippen LogP) is 4.47. The van der Waals surface area contributed by atoms with Crippen LogP contribution in [0.1, 0.15) is 26.3 Å². The van der Waals surface area contributed by atoms with Crippen LogP contribution >= 0.6 is 15.9 Å². The maximum Gasteiger partial charge on any atom is 0.0499 e. The van der Waals surface area contributed by atoms with E-state index in [9.17, 15) is 0 Å². The Kier molecular flexibility index (Phi) is 2.42. The second-order valence-electron chi connectivity index (χ2n) is 5.04. The van der Waals surface area contributed by atoms with Gasteiger partial charge in [0.25, 0.3) is 0 Å². The van der Waals surface area contributed by atoms with Crippen molar-refractivity contribution < 1.29 is 0 Å². The van der Waals surface area contributed by atoms with Gasteiger partial charge in [-0.2, -0.15) is 0 Å². The highest BCUT2D eigenvalue weighted by molar-refractivity contribution is 9.10. The molecule has 1 heterocycles. The molecule has 2 aromatic rings. The van der Waals surface area contributed by atoms with Gasteiger partial charge in [-0.15, -0.1) is 0 Å². The average molecular weight is 266 g/mol. The average Bonchev–Trinajstić information content (AvgIpc) is 2.45. The molecule has 0 bridgehead atoms. The zero-order valence-electron chi connectivity index (χ0n) is 9.63. The highest BCUT2D eigenvalue weighted by atomic mass is 79.9. The van der Waals surface area contributed by atoms with Gasteiger partial charge in [-0.1, -0.05) is 15.9 Å². The first-order chi connectivity index (χ1) is 6.89. The van der Waals surface area contributed by atoms with Gasteiger partial charge in [0, 0.05) is 27.1 Å². The molecule has 1 nitrogen and oxygen atoms in total. The van der Waals surface area contributed by atoms with Crippen LogP contribution < -0.4 is 0 Å². The van der Waals surface area contributed by atoms with Crippen LogP contribution in [-0.4, -0.2) is 4.57 Å². The standard InChI is InChI=1S/C13H16BrN/c1-9-7-11(14)10-5-6-15(12(10)8-9)13(2,3)4/h5-8H,1-4H3. The summed E-state index contributed by atoms with van der Waals surface area (Å²) in [7, 11) is 0. The van der Waals surface area contributed by atoms with Gasteiger partial charge in [0.1, 0.15) is 0 Å². The molecule has 0 unspecified atom stereocenters. The van der Waals surface area contributed by atoms with Gasteiger partial charge in [0.2, 0.25) is 0 Å². The summed E-state index contributed by atoms with van der Waals surface area (Å²) < 4.78 is 3.50.